The van der Waals surface area contributed by atoms with E-state index in [1.807, 2.05) is 6.07 Å². The van der Waals surface area contributed by atoms with Crippen molar-refractivity contribution in [2.24, 2.45) is 4.99 Å². The summed E-state index contributed by atoms with van der Waals surface area (Å²) in [5, 5.41) is 9.76. The summed E-state index contributed by atoms with van der Waals surface area (Å²) in [6, 6.07) is 9.86. The predicted octanol–water partition coefficient (Wildman–Crippen LogP) is 4.00. The van der Waals surface area contributed by atoms with E-state index in [-0.39, 0.29) is 23.3 Å². The average molecular weight is 417 g/mol. The van der Waals surface area contributed by atoms with Crippen LogP contribution in [0.25, 0.3) is 6.08 Å². The molecule has 2 aromatic carbocycles. The van der Waals surface area contributed by atoms with Crippen molar-refractivity contribution in [2.45, 2.75) is 0 Å². The van der Waals surface area contributed by atoms with Gasteiger partial charge in [-0.1, -0.05) is 17.7 Å². The summed E-state index contributed by atoms with van der Waals surface area (Å²) >= 11 is 7.09. The monoisotopic (exact) mass is 416 g/mol. The van der Waals surface area contributed by atoms with Crippen molar-refractivity contribution >= 4 is 52.2 Å². The fraction of sp³-hybridized carbons (Fsp3) is 0.105. The van der Waals surface area contributed by atoms with Crippen LogP contribution in [-0.4, -0.2) is 40.9 Å². The molecule has 1 amide bonds. The van der Waals surface area contributed by atoms with Crippen LogP contribution < -0.4 is 9.47 Å². The van der Waals surface area contributed by atoms with Gasteiger partial charge in [0.05, 0.1) is 21.2 Å². The van der Waals surface area contributed by atoms with Gasteiger partial charge in [-0.25, -0.2) is 9.79 Å². The summed E-state index contributed by atoms with van der Waals surface area (Å²) < 4.78 is 10.6. The molecule has 0 radical (unpaired) electrons. The van der Waals surface area contributed by atoms with Crippen LogP contribution in [0, 0.1) is 0 Å². The Bertz CT molecular complexity index is 1070. The summed E-state index contributed by atoms with van der Waals surface area (Å²) in [4.78, 5) is 30.1. The SMILES string of the molecule is CN1C(=O)/C(=C/c2ccc3c(c2)OCO3)SC1=Nc1ccc(Cl)c(C(=O)O)c1. The molecule has 142 valence electrons. The Morgan fingerprint density at radius 1 is 1.25 bits per heavy atom. The maximum absolute atomic E-state index is 12.6. The number of benzene rings is 2. The number of aliphatic imine (C=N–C) groups is 1. The van der Waals surface area contributed by atoms with Gasteiger partial charge in [-0.3, -0.25) is 9.69 Å². The molecule has 2 aliphatic heterocycles. The second-order valence-corrected chi connectivity index (χ2v) is 7.37. The molecular weight excluding hydrogens is 404 g/mol. The van der Waals surface area contributed by atoms with Gasteiger partial charge in [0, 0.05) is 7.05 Å². The number of aromatic carboxylic acids is 1. The van der Waals surface area contributed by atoms with Gasteiger partial charge in [0.1, 0.15) is 0 Å². The molecule has 7 nitrogen and oxygen atoms in total. The molecule has 0 atom stereocenters. The molecule has 9 heteroatoms. The molecule has 0 aliphatic carbocycles. The zero-order valence-electron chi connectivity index (χ0n) is 14.5. The molecule has 0 saturated carbocycles. The van der Waals surface area contributed by atoms with Gasteiger partial charge in [-0.2, -0.15) is 0 Å². The quantitative estimate of drug-likeness (QED) is 0.761. The topological polar surface area (TPSA) is 88.4 Å². The lowest BCUT2D eigenvalue weighted by Crippen LogP contribution is -2.23. The van der Waals surface area contributed by atoms with E-state index < -0.39 is 5.97 Å². The van der Waals surface area contributed by atoms with Crippen LogP contribution in [0.15, 0.2) is 46.3 Å². The molecule has 1 fully saturated rings. The number of carbonyl (C=O) groups is 2. The van der Waals surface area contributed by atoms with E-state index in [1.54, 1.807) is 31.3 Å². The van der Waals surface area contributed by atoms with Crippen LogP contribution in [0.3, 0.4) is 0 Å². The standard InChI is InChI=1S/C19H13ClN2O5S/c1-22-17(23)16(7-10-2-5-14-15(6-10)27-9-26-14)28-19(22)21-11-3-4-13(20)12(8-11)18(24)25/h2-8H,9H2,1H3,(H,24,25)/b16-7-,21-19?. The Morgan fingerprint density at radius 2 is 2.04 bits per heavy atom. The van der Waals surface area contributed by atoms with Crippen LogP contribution in [0.5, 0.6) is 11.5 Å². The second kappa shape index (κ2) is 7.21. The Balaban J connectivity index is 1.63. The minimum absolute atomic E-state index is 0.0448. The highest BCUT2D eigenvalue weighted by atomic mass is 35.5. The number of nitrogens with zero attached hydrogens (tertiary/aromatic N) is 2. The third-order valence-electron chi connectivity index (χ3n) is 4.10. The third kappa shape index (κ3) is 3.44. The van der Waals surface area contributed by atoms with Crippen molar-refractivity contribution in [3.8, 4) is 11.5 Å². The summed E-state index contributed by atoms with van der Waals surface area (Å²) in [6.45, 7) is 0.183. The van der Waals surface area contributed by atoms with Gasteiger partial charge in [-0.05, 0) is 53.7 Å². The van der Waals surface area contributed by atoms with E-state index in [0.29, 0.717) is 27.3 Å². The number of rotatable bonds is 3. The van der Waals surface area contributed by atoms with E-state index in [4.69, 9.17) is 21.1 Å². The predicted molar refractivity (Wildman–Crippen MR) is 106 cm³/mol. The first kappa shape index (κ1) is 18.4. The average Bonchev–Trinajstić information content (AvgIpc) is 3.23. The maximum atomic E-state index is 12.6. The molecule has 0 unspecified atom stereocenters. The van der Waals surface area contributed by atoms with Crippen molar-refractivity contribution in [3.63, 3.8) is 0 Å². The van der Waals surface area contributed by atoms with E-state index in [9.17, 15) is 14.7 Å². The Labute approximate surface area is 169 Å². The minimum Gasteiger partial charge on any atom is -0.478 e. The number of hydrogen-bond donors (Lipinski definition) is 1. The summed E-state index contributed by atoms with van der Waals surface area (Å²) in [7, 11) is 1.61. The van der Waals surface area contributed by atoms with Gasteiger partial charge < -0.3 is 14.6 Å². The summed E-state index contributed by atoms with van der Waals surface area (Å²) in [5.74, 6) is -0.0360. The molecule has 2 aromatic rings. The summed E-state index contributed by atoms with van der Waals surface area (Å²) in [6.07, 6.45) is 1.75. The highest BCUT2D eigenvalue weighted by Gasteiger charge is 2.30. The molecule has 1 N–H and O–H groups in total. The molecule has 0 spiro atoms. The van der Waals surface area contributed by atoms with Crippen LogP contribution >= 0.6 is 23.4 Å². The fourth-order valence-electron chi connectivity index (χ4n) is 2.66. The van der Waals surface area contributed by atoms with Crippen molar-refractivity contribution < 1.29 is 24.2 Å². The third-order valence-corrected chi connectivity index (χ3v) is 5.49. The smallest absolute Gasteiger partial charge is 0.337 e. The van der Waals surface area contributed by atoms with Crippen molar-refractivity contribution in [1.29, 1.82) is 0 Å². The van der Waals surface area contributed by atoms with E-state index >= 15 is 0 Å². The van der Waals surface area contributed by atoms with E-state index in [1.165, 1.54) is 28.8 Å². The number of carboxylic acid groups (broad SMARTS) is 1. The number of halogens is 1. The molecule has 28 heavy (non-hydrogen) atoms. The van der Waals surface area contributed by atoms with Crippen molar-refractivity contribution in [3.05, 3.63) is 57.5 Å². The first-order chi connectivity index (χ1) is 13.4. The first-order valence-electron chi connectivity index (χ1n) is 8.11. The Kier molecular flexibility index (Phi) is 4.74. The van der Waals surface area contributed by atoms with Gasteiger partial charge in [-0.15, -0.1) is 0 Å². The lowest BCUT2D eigenvalue weighted by atomic mass is 10.2. The van der Waals surface area contributed by atoms with Crippen molar-refractivity contribution in [2.75, 3.05) is 13.8 Å². The highest BCUT2D eigenvalue weighted by Crippen LogP contribution is 2.36. The largest absolute Gasteiger partial charge is 0.478 e. The number of amides is 1. The van der Waals surface area contributed by atoms with Crippen LogP contribution in [-0.2, 0) is 4.79 Å². The number of amidine groups is 1. The number of fused-ring (bicyclic) bond motifs is 1. The van der Waals surface area contributed by atoms with E-state index in [0.717, 1.165) is 5.56 Å². The normalized spacial score (nSPS) is 18.4. The van der Waals surface area contributed by atoms with E-state index in [2.05, 4.69) is 4.99 Å². The summed E-state index contributed by atoms with van der Waals surface area (Å²) in [5.41, 5.74) is 1.15. The molecule has 2 aliphatic rings. The van der Waals surface area contributed by atoms with Gasteiger partial charge >= 0.3 is 5.97 Å². The minimum atomic E-state index is -1.14. The molecular formula is C19H13ClN2O5S. The Morgan fingerprint density at radius 3 is 2.82 bits per heavy atom. The zero-order chi connectivity index (χ0) is 19.8. The number of thioether (sulfide) groups is 1. The lowest BCUT2D eigenvalue weighted by molar-refractivity contribution is -0.121. The van der Waals surface area contributed by atoms with Gasteiger partial charge in [0.15, 0.2) is 16.7 Å². The highest BCUT2D eigenvalue weighted by molar-refractivity contribution is 8.18. The zero-order valence-corrected chi connectivity index (χ0v) is 16.1. The van der Waals surface area contributed by atoms with Crippen LogP contribution in [0.1, 0.15) is 15.9 Å². The fourth-order valence-corrected chi connectivity index (χ4v) is 3.85. The number of likely N-dealkylation sites (N-methyl/N-ethyl adjacent to an activating group) is 1. The van der Waals surface area contributed by atoms with Gasteiger partial charge in [0.2, 0.25) is 6.79 Å². The molecule has 4 rings (SSSR count). The molecule has 0 aromatic heterocycles. The molecule has 2 heterocycles. The number of ether oxygens (including phenoxy) is 2. The van der Waals surface area contributed by atoms with Crippen LogP contribution in [0.2, 0.25) is 5.02 Å². The van der Waals surface area contributed by atoms with Crippen LogP contribution in [0.4, 0.5) is 5.69 Å². The molecule has 0 bridgehead atoms. The number of hydrogen-bond acceptors (Lipinski definition) is 6. The molecule has 1 saturated heterocycles. The lowest BCUT2D eigenvalue weighted by Gasteiger charge is -2.07. The Hall–Kier alpha value is -2.97. The number of carbonyl (C=O) groups excluding carboxylic acids is 1. The maximum Gasteiger partial charge on any atom is 0.337 e. The first-order valence-corrected chi connectivity index (χ1v) is 9.30. The number of carboxylic acids is 1. The van der Waals surface area contributed by atoms with Crippen molar-refractivity contribution in [1.82, 2.24) is 4.90 Å². The van der Waals surface area contributed by atoms with Gasteiger partial charge in [0.25, 0.3) is 5.91 Å². The second-order valence-electron chi connectivity index (χ2n) is 5.95.